The van der Waals surface area contributed by atoms with Crippen LogP contribution in [-0.4, -0.2) is 4.57 Å². The van der Waals surface area contributed by atoms with Gasteiger partial charge in [-0.2, -0.15) is 4.57 Å². The summed E-state index contributed by atoms with van der Waals surface area (Å²) >= 11 is 3.57. The van der Waals surface area contributed by atoms with Gasteiger partial charge in [0.2, 0.25) is 11.2 Å². The molecule has 4 aromatic rings. The van der Waals surface area contributed by atoms with Gasteiger partial charge >= 0.3 is 0 Å². The second-order valence-corrected chi connectivity index (χ2v) is 7.95. The molecule has 0 spiro atoms. The smallest absolute Gasteiger partial charge is 0.213 e. The Balaban J connectivity index is 1.75. The van der Waals surface area contributed by atoms with Gasteiger partial charge in [0.15, 0.2) is 0 Å². The fraction of sp³-hybridized carbons (Fsp3) is 0.160. The number of aromatic nitrogens is 2. The first-order chi connectivity index (χ1) is 13.6. The molecule has 0 saturated carbocycles. The monoisotopic (exact) mass is 431 g/mol. The molecule has 0 aliphatic heterocycles. The van der Waals surface area contributed by atoms with Gasteiger partial charge in [0.1, 0.15) is 6.54 Å². The average molecular weight is 432 g/mol. The van der Waals surface area contributed by atoms with Gasteiger partial charge in [-0.3, -0.25) is 0 Å². The summed E-state index contributed by atoms with van der Waals surface area (Å²) in [6.07, 6.45) is 4.45. The molecule has 0 atom stereocenters. The number of hydrogen-bond acceptors (Lipinski definition) is 0. The van der Waals surface area contributed by atoms with Gasteiger partial charge in [-0.25, -0.2) is 0 Å². The van der Waals surface area contributed by atoms with E-state index in [0.717, 1.165) is 11.0 Å². The molecule has 2 aromatic carbocycles. The van der Waals surface area contributed by atoms with Crippen molar-refractivity contribution >= 4 is 39.0 Å². The maximum absolute atomic E-state index is 3.57. The third kappa shape index (κ3) is 3.43. The molecule has 28 heavy (non-hydrogen) atoms. The number of halogens is 1. The van der Waals surface area contributed by atoms with E-state index < -0.39 is 0 Å². The number of hydrogen-bond donors (Lipinski definition) is 0. The maximum Gasteiger partial charge on any atom is 0.213 e. The number of pyridine rings is 1. The zero-order chi connectivity index (χ0) is 19.7. The van der Waals surface area contributed by atoms with Crippen LogP contribution in [0.25, 0.3) is 28.7 Å². The van der Waals surface area contributed by atoms with Crippen LogP contribution in [0.2, 0.25) is 0 Å². The molecule has 2 aromatic heterocycles. The van der Waals surface area contributed by atoms with E-state index in [0.29, 0.717) is 0 Å². The van der Waals surface area contributed by atoms with Crippen molar-refractivity contribution < 1.29 is 4.57 Å². The van der Waals surface area contributed by atoms with Gasteiger partial charge in [0.05, 0.1) is 0 Å². The van der Waals surface area contributed by atoms with E-state index in [1.54, 1.807) is 0 Å². The second kappa shape index (κ2) is 7.76. The Kier molecular flexibility index (Phi) is 5.19. The Bertz CT molecular complexity index is 1170. The van der Waals surface area contributed by atoms with Crippen LogP contribution in [0.4, 0.5) is 0 Å². The van der Waals surface area contributed by atoms with E-state index in [9.17, 15) is 0 Å². The first-order valence-electron chi connectivity index (χ1n) is 9.63. The number of nitrogens with zero attached hydrogens (tertiary/aromatic N) is 2. The Morgan fingerprint density at radius 3 is 2.46 bits per heavy atom. The van der Waals surface area contributed by atoms with Crippen molar-refractivity contribution in [2.45, 2.75) is 27.3 Å². The normalized spacial score (nSPS) is 11.6. The van der Waals surface area contributed by atoms with Crippen molar-refractivity contribution in [2.24, 2.45) is 0 Å². The highest BCUT2D eigenvalue weighted by atomic mass is 79.9. The van der Waals surface area contributed by atoms with Gasteiger partial charge in [-0.15, -0.1) is 0 Å². The molecule has 0 unspecified atom stereocenters. The average Bonchev–Trinajstić information content (AvgIpc) is 2.99. The quantitative estimate of drug-likeness (QED) is 0.326. The molecule has 4 rings (SSSR count). The van der Waals surface area contributed by atoms with Crippen LogP contribution in [0.1, 0.15) is 29.6 Å². The van der Waals surface area contributed by atoms with Crippen LogP contribution >= 0.6 is 15.9 Å². The predicted molar refractivity (Wildman–Crippen MR) is 122 cm³/mol. The lowest BCUT2D eigenvalue weighted by atomic mass is 10.1. The zero-order valence-corrected chi connectivity index (χ0v) is 18.1. The lowest BCUT2D eigenvalue weighted by molar-refractivity contribution is -0.669. The Morgan fingerprint density at radius 2 is 1.71 bits per heavy atom. The van der Waals surface area contributed by atoms with E-state index >= 15 is 0 Å². The van der Waals surface area contributed by atoms with Crippen molar-refractivity contribution in [3.63, 3.8) is 0 Å². The molecule has 2 nitrogen and oxygen atoms in total. The zero-order valence-electron chi connectivity index (χ0n) is 16.5. The number of rotatable bonds is 4. The second-order valence-electron chi connectivity index (χ2n) is 7.04. The van der Waals surface area contributed by atoms with Crippen molar-refractivity contribution in [1.29, 1.82) is 0 Å². The van der Waals surface area contributed by atoms with Crippen LogP contribution in [-0.2, 0) is 6.54 Å². The molecule has 0 N–H and O–H groups in total. The SMILES string of the molecule is CC[n+]1c(/C=C/c2cc(C)n(-c3ccccc3)c2C)ccc2cc(Br)ccc21. The minimum atomic E-state index is 0.932. The van der Waals surface area contributed by atoms with Crippen LogP contribution < -0.4 is 4.57 Å². The highest BCUT2D eigenvalue weighted by Gasteiger charge is 2.13. The first-order valence-corrected chi connectivity index (χ1v) is 10.4. The Labute approximate surface area is 174 Å². The number of fused-ring (bicyclic) bond motifs is 1. The summed E-state index contributed by atoms with van der Waals surface area (Å²) in [7, 11) is 0. The standard InChI is InChI=1S/C25H24BrN2/c1-4-27-23(14-11-21-17-22(26)12-15-25(21)27)13-10-20-16-18(2)28(19(20)3)24-8-6-5-7-9-24/h5-17H,4H2,1-3H3/q+1. The highest BCUT2D eigenvalue weighted by molar-refractivity contribution is 9.10. The van der Waals surface area contributed by atoms with Crippen LogP contribution in [0.5, 0.6) is 0 Å². The van der Waals surface area contributed by atoms with E-state index in [2.05, 4.69) is 125 Å². The van der Waals surface area contributed by atoms with E-state index in [1.807, 2.05) is 0 Å². The topological polar surface area (TPSA) is 8.81 Å². The molecule has 140 valence electrons. The molecule has 0 bridgehead atoms. The molecular weight excluding hydrogens is 408 g/mol. The van der Waals surface area contributed by atoms with Gasteiger partial charge in [0, 0.05) is 45.1 Å². The lowest BCUT2D eigenvalue weighted by Crippen LogP contribution is -2.36. The molecule has 0 radical (unpaired) electrons. The van der Waals surface area contributed by atoms with Crippen molar-refractivity contribution in [2.75, 3.05) is 0 Å². The number of para-hydroxylation sites is 1. The fourth-order valence-corrected chi connectivity index (χ4v) is 4.29. The number of aryl methyl sites for hydroxylation is 2. The summed E-state index contributed by atoms with van der Waals surface area (Å²) in [5.41, 5.74) is 7.42. The lowest BCUT2D eigenvalue weighted by Gasteiger charge is -2.09. The van der Waals surface area contributed by atoms with Crippen LogP contribution in [0.15, 0.2) is 71.2 Å². The Hall–Kier alpha value is -2.65. The largest absolute Gasteiger partial charge is 0.318 e. The van der Waals surface area contributed by atoms with Gasteiger partial charge in [-0.1, -0.05) is 34.1 Å². The van der Waals surface area contributed by atoms with Crippen LogP contribution in [0, 0.1) is 13.8 Å². The fourth-order valence-electron chi connectivity index (χ4n) is 3.91. The summed E-state index contributed by atoms with van der Waals surface area (Å²) in [6.45, 7) is 7.48. The minimum absolute atomic E-state index is 0.932. The summed E-state index contributed by atoms with van der Waals surface area (Å²) < 4.78 is 5.78. The number of benzene rings is 2. The molecule has 2 heterocycles. The van der Waals surface area contributed by atoms with Crippen LogP contribution in [0.3, 0.4) is 0 Å². The molecule has 0 saturated heterocycles. The molecule has 0 fully saturated rings. The van der Waals surface area contributed by atoms with Crippen molar-refractivity contribution in [3.05, 3.63) is 93.8 Å². The van der Waals surface area contributed by atoms with Gasteiger partial charge in [0.25, 0.3) is 0 Å². The molecule has 3 heteroatoms. The summed E-state index contributed by atoms with van der Waals surface area (Å²) in [5.74, 6) is 0. The molecule has 0 amide bonds. The third-order valence-corrected chi connectivity index (χ3v) is 5.75. The van der Waals surface area contributed by atoms with Crippen molar-refractivity contribution in [1.82, 2.24) is 4.57 Å². The van der Waals surface area contributed by atoms with E-state index in [-0.39, 0.29) is 0 Å². The van der Waals surface area contributed by atoms with Gasteiger partial charge in [-0.05, 0) is 68.8 Å². The highest BCUT2D eigenvalue weighted by Crippen LogP contribution is 2.23. The first kappa shape index (κ1) is 18.7. The van der Waals surface area contributed by atoms with E-state index in [1.165, 1.54) is 39.2 Å². The maximum atomic E-state index is 3.57. The summed E-state index contributed by atoms with van der Waals surface area (Å²) in [6, 6.07) is 23.6. The van der Waals surface area contributed by atoms with E-state index in [4.69, 9.17) is 0 Å². The molecule has 0 aliphatic carbocycles. The summed E-state index contributed by atoms with van der Waals surface area (Å²) in [5, 5.41) is 1.25. The Morgan fingerprint density at radius 1 is 0.929 bits per heavy atom. The molecular formula is C25H24BrN2+. The molecule has 0 aliphatic rings. The summed E-state index contributed by atoms with van der Waals surface area (Å²) in [4.78, 5) is 0. The van der Waals surface area contributed by atoms with Gasteiger partial charge < -0.3 is 4.57 Å². The minimum Gasteiger partial charge on any atom is -0.318 e. The van der Waals surface area contributed by atoms with Crippen molar-refractivity contribution in [3.8, 4) is 5.69 Å². The third-order valence-electron chi connectivity index (χ3n) is 5.26. The predicted octanol–water partition coefficient (Wildman–Crippen LogP) is 6.49.